The van der Waals surface area contributed by atoms with E-state index in [-0.39, 0.29) is 6.09 Å². The number of likely N-dealkylation sites (tertiary alicyclic amines) is 2. The number of guanidine groups is 1. The smallest absolute Gasteiger partial charge is 0.409 e. The lowest BCUT2D eigenvalue weighted by Gasteiger charge is -2.33. The van der Waals surface area contributed by atoms with Crippen molar-refractivity contribution < 1.29 is 9.53 Å². The van der Waals surface area contributed by atoms with Gasteiger partial charge >= 0.3 is 6.09 Å². The van der Waals surface area contributed by atoms with Gasteiger partial charge in [0.1, 0.15) is 0 Å². The van der Waals surface area contributed by atoms with Crippen LogP contribution in [0, 0.1) is 12.8 Å². The third-order valence-electron chi connectivity index (χ3n) is 5.81. The molecule has 2 aliphatic rings. The zero-order valence-corrected chi connectivity index (χ0v) is 18.6. The van der Waals surface area contributed by atoms with E-state index in [9.17, 15) is 4.79 Å². The normalized spacial score (nSPS) is 20.0. The fraction of sp³-hybridized carbons (Fsp3) is 0.750. The lowest BCUT2D eigenvalue weighted by atomic mass is 9.97. The van der Waals surface area contributed by atoms with E-state index in [4.69, 9.17) is 4.74 Å². The Morgan fingerprint density at radius 2 is 2.00 bits per heavy atom. The molecule has 0 atom stereocenters. The molecular formula is C20H34N6O2S. The Labute approximate surface area is 177 Å². The van der Waals surface area contributed by atoms with Crippen molar-refractivity contribution >= 4 is 23.4 Å². The van der Waals surface area contributed by atoms with Crippen LogP contribution in [0.5, 0.6) is 0 Å². The molecule has 0 spiro atoms. The predicted molar refractivity (Wildman–Crippen MR) is 116 cm³/mol. The van der Waals surface area contributed by atoms with Crippen molar-refractivity contribution in [1.29, 1.82) is 0 Å². The molecular weight excluding hydrogens is 388 g/mol. The molecule has 9 heteroatoms. The average molecular weight is 423 g/mol. The molecule has 29 heavy (non-hydrogen) atoms. The molecule has 2 N–H and O–H groups in total. The van der Waals surface area contributed by atoms with Gasteiger partial charge in [-0.25, -0.2) is 9.78 Å². The molecule has 162 valence electrons. The highest BCUT2D eigenvalue weighted by molar-refractivity contribution is 7.09. The highest BCUT2D eigenvalue weighted by atomic mass is 32.1. The van der Waals surface area contributed by atoms with Crippen LogP contribution in [0.4, 0.5) is 4.79 Å². The standard InChI is InChI=1S/C20H34N6O2S/c1-15-23-18(14-29-15)13-25-8-4-16(5-9-25)12-22-19(21-2)24-17-6-10-26(11-7-17)20(27)28-3/h14,16-17H,4-13H2,1-3H3,(H2,21,22,24). The molecule has 3 heterocycles. The number of hydrogen-bond donors (Lipinski definition) is 2. The summed E-state index contributed by atoms with van der Waals surface area (Å²) in [6, 6.07) is 0.338. The molecule has 0 aliphatic carbocycles. The van der Waals surface area contributed by atoms with E-state index < -0.39 is 0 Å². The zero-order valence-electron chi connectivity index (χ0n) is 17.8. The summed E-state index contributed by atoms with van der Waals surface area (Å²) in [5.74, 6) is 1.53. The van der Waals surface area contributed by atoms with Crippen LogP contribution in [0.1, 0.15) is 36.4 Å². The number of amides is 1. The number of methoxy groups -OCH3 is 1. The van der Waals surface area contributed by atoms with Gasteiger partial charge in [-0.2, -0.15) is 0 Å². The molecule has 0 unspecified atom stereocenters. The summed E-state index contributed by atoms with van der Waals surface area (Å²) in [4.78, 5) is 24.8. The first kappa shape index (κ1) is 21.8. The van der Waals surface area contributed by atoms with Gasteiger partial charge in [0.05, 0.1) is 17.8 Å². The molecule has 0 aromatic carbocycles. The third kappa shape index (κ3) is 6.57. The largest absolute Gasteiger partial charge is 0.453 e. The van der Waals surface area contributed by atoms with Crippen molar-refractivity contribution in [2.45, 2.75) is 45.2 Å². The molecule has 2 saturated heterocycles. The van der Waals surface area contributed by atoms with Gasteiger partial charge in [-0.05, 0) is 51.6 Å². The molecule has 0 bridgehead atoms. The van der Waals surface area contributed by atoms with Crippen molar-refractivity contribution in [3.05, 3.63) is 16.1 Å². The first-order chi connectivity index (χ1) is 14.1. The zero-order chi connectivity index (χ0) is 20.6. The van der Waals surface area contributed by atoms with Crippen LogP contribution in [0.25, 0.3) is 0 Å². The van der Waals surface area contributed by atoms with Crippen molar-refractivity contribution in [3.8, 4) is 0 Å². The number of carbonyl (C=O) groups is 1. The Morgan fingerprint density at radius 3 is 2.59 bits per heavy atom. The molecule has 0 radical (unpaired) electrons. The van der Waals surface area contributed by atoms with Gasteiger partial charge in [0.15, 0.2) is 5.96 Å². The van der Waals surface area contributed by atoms with E-state index in [1.54, 1.807) is 16.2 Å². The summed E-state index contributed by atoms with van der Waals surface area (Å²) < 4.78 is 4.80. The fourth-order valence-electron chi connectivity index (χ4n) is 4.02. The Hall–Kier alpha value is -1.87. The summed E-state index contributed by atoms with van der Waals surface area (Å²) in [6.07, 6.45) is 3.98. The third-order valence-corrected chi connectivity index (χ3v) is 6.63. The van der Waals surface area contributed by atoms with Gasteiger partial charge in [-0.3, -0.25) is 9.89 Å². The van der Waals surface area contributed by atoms with Crippen LogP contribution in [-0.4, -0.2) is 79.8 Å². The van der Waals surface area contributed by atoms with Gasteiger partial charge in [-0.1, -0.05) is 0 Å². The average Bonchev–Trinajstić information content (AvgIpc) is 3.16. The molecule has 0 saturated carbocycles. The number of ether oxygens (including phenoxy) is 1. The monoisotopic (exact) mass is 422 g/mol. The fourth-order valence-corrected chi connectivity index (χ4v) is 4.63. The topological polar surface area (TPSA) is 82.1 Å². The van der Waals surface area contributed by atoms with E-state index in [2.05, 4.69) is 37.8 Å². The molecule has 1 amide bonds. The summed E-state index contributed by atoms with van der Waals surface area (Å²) in [7, 11) is 3.25. The number of rotatable bonds is 5. The van der Waals surface area contributed by atoms with E-state index in [0.717, 1.165) is 63.1 Å². The number of thiazole rings is 1. The number of hydrogen-bond acceptors (Lipinski definition) is 6. The summed E-state index contributed by atoms with van der Waals surface area (Å²) >= 11 is 1.73. The molecule has 8 nitrogen and oxygen atoms in total. The minimum absolute atomic E-state index is 0.234. The van der Waals surface area contributed by atoms with Crippen molar-refractivity contribution in [3.63, 3.8) is 0 Å². The SMILES string of the molecule is CN=C(NCC1CCN(Cc2csc(C)n2)CC1)NC1CCN(C(=O)OC)CC1. The van der Waals surface area contributed by atoms with Gasteiger partial charge in [0.2, 0.25) is 0 Å². The lowest BCUT2D eigenvalue weighted by Crippen LogP contribution is -2.50. The second kappa shape index (κ2) is 10.8. The number of aromatic nitrogens is 1. The Balaban J connectivity index is 1.33. The van der Waals surface area contributed by atoms with E-state index in [0.29, 0.717) is 12.0 Å². The molecule has 3 rings (SSSR count). The van der Waals surface area contributed by atoms with Gasteiger partial charge in [-0.15, -0.1) is 11.3 Å². The second-order valence-electron chi connectivity index (χ2n) is 7.91. The van der Waals surface area contributed by atoms with Crippen LogP contribution in [-0.2, 0) is 11.3 Å². The maximum atomic E-state index is 11.6. The lowest BCUT2D eigenvalue weighted by molar-refractivity contribution is 0.111. The maximum absolute atomic E-state index is 11.6. The van der Waals surface area contributed by atoms with Crippen molar-refractivity contribution in [2.75, 3.05) is 46.9 Å². The van der Waals surface area contributed by atoms with Gasteiger partial charge in [0.25, 0.3) is 0 Å². The quantitative estimate of drug-likeness (QED) is 0.558. The van der Waals surface area contributed by atoms with Crippen molar-refractivity contribution in [1.82, 2.24) is 25.4 Å². The van der Waals surface area contributed by atoms with Crippen LogP contribution >= 0.6 is 11.3 Å². The number of aryl methyl sites for hydroxylation is 1. The number of nitrogens with zero attached hydrogens (tertiary/aromatic N) is 4. The van der Waals surface area contributed by atoms with Crippen LogP contribution < -0.4 is 10.6 Å². The highest BCUT2D eigenvalue weighted by Gasteiger charge is 2.24. The number of nitrogens with one attached hydrogen (secondary N) is 2. The minimum Gasteiger partial charge on any atom is -0.453 e. The maximum Gasteiger partial charge on any atom is 0.409 e. The van der Waals surface area contributed by atoms with E-state index in [1.807, 2.05) is 7.05 Å². The molecule has 2 fully saturated rings. The van der Waals surface area contributed by atoms with Gasteiger partial charge in [0, 0.05) is 44.6 Å². The van der Waals surface area contributed by atoms with E-state index in [1.165, 1.54) is 25.6 Å². The van der Waals surface area contributed by atoms with Crippen LogP contribution in [0.3, 0.4) is 0 Å². The number of carbonyl (C=O) groups excluding carboxylic acids is 1. The Bertz CT molecular complexity index is 678. The van der Waals surface area contributed by atoms with E-state index >= 15 is 0 Å². The first-order valence-corrected chi connectivity index (χ1v) is 11.4. The minimum atomic E-state index is -0.234. The highest BCUT2D eigenvalue weighted by Crippen LogP contribution is 2.19. The summed E-state index contributed by atoms with van der Waals surface area (Å²) in [5, 5.41) is 10.3. The Morgan fingerprint density at radius 1 is 1.28 bits per heavy atom. The first-order valence-electron chi connectivity index (χ1n) is 10.5. The van der Waals surface area contributed by atoms with Crippen LogP contribution in [0.15, 0.2) is 10.4 Å². The molecule has 2 aliphatic heterocycles. The summed E-state index contributed by atoms with van der Waals surface area (Å²) in [5.41, 5.74) is 1.20. The number of aliphatic imine (C=N–C) groups is 1. The summed E-state index contributed by atoms with van der Waals surface area (Å²) in [6.45, 7) is 7.68. The van der Waals surface area contributed by atoms with Crippen LogP contribution in [0.2, 0.25) is 0 Å². The van der Waals surface area contributed by atoms with Crippen molar-refractivity contribution in [2.24, 2.45) is 10.9 Å². The Kier molecular flexibility index (Phi) is 8.11. The molecule has 1 aromatic rings. The predicted octanol–water partition coefficient (Wildman–Crippen LogP) is 2.06. The molecule has 1 aromatic heterocycles. The van der Waals surface area contributed by atoms with Gasteiger partial charge < -0.3 is 20.3 Å². The number of piperidine rings is 2. The second-order valence-corrected chi connectivity index (χ2v) is 8.97.